The third-order valence-electron chi connectivity index (χ3n) is 7.12. The van der Waals surface area contributed by atoms with Crippen LogP contribution in [0.2, 0.25) is 0 Å². The molecule has 10 nitrogen and oxygen atoms in total. The molecule has 0 bridgehead atoms. The lowest BCUT2D eigenvalue weighted by Crippen LogP contribution is -2.50. The van der Waals surface area contributed by atoms with E-state index in [4.69, 9.17) is 4.74 Å². The zero-order valence-electron chi connectivity index (χ0n) is 23.6. The SMILES string of the molecule is Cc1ccc(S(=O)(=O)N(C)C[C@H]2Oc3ccc(NC(=O)Nc4ccccc4)cc3C(=O)N([C@@H](C)CO)C[C@H]2C)cc1. The van der Waals surface area contributed by atoms with Gasteiger partial charge in [0.2, 0.25) is 10.0 Å². The normalized spacial score (nSPS) is 18.1. The van der Waals surface area contributed by atoms with Crippen molar-refractivity contribution in [3.8, 4) is 5.75 Å². The van der Waals surface area contributed by atoms with Crippen LogP contribution >= 0.6 is 0 Å². The number of benzene rings is 3. The summed E-state index contributed by atoms with van der Waals surface area (Å²) in [5.74, 6) is -0.373. The van der Waals surface area contributed by atoms with Crippen molar-refractivity contribution in [1.82, 2.24) is 9.21 Å². The monoisotopic (exact) mass is 580 g/mol. The lowest BCUT2D eigenvalue weighted by molar-refractivity contribution is 0.0387. The van der Waals surface area contributed by atoms with Crippen molar-refractivity contribution in [3.05, 3.63) is 83.9 Å². The summed E-state index contributed by atoms with van der Waals surface area (Å²) >= 11 is 0. The minimum Gasteiger partial charge on any atom is -0.488 e. The highest BCUT2D eigenvalue weighted by Gasteiger charge is 2.35. The number of anilines is 2. The Morgan fingerprint density at radius 1 is 1.07 bits per heavy atom. The van der Waals surface area contributed by atoms with Crippen LogP contribution in [0.4, 0.5) is 16.2 Å². The van der Waals surface area contributed by atoms with E-state index < -0.39 is 28.2 Å². The van der Waals surface area contributed by atoms with Crippen LogP contribution in [0.1, 0.15) is 29.8 Å². The van der Waals surface area contributed by atoms with Crippen molar-refractivity contribution in [2.24, 2.45) is 5.92 Å². The fraction of sp³-hybridized carbons (Fsp3) is 0.333. The van der Waals surface area contributed by atoms with Gasteiger partial charge in [0.25, 0.3) is 5.91 Å². The quantitative estimate of drug-likeness (QED) is 0.367. The average molecular weight is 581 g/mol. The predicted molar refractivity (Wildman–Crippen MR) is 158 cm³/mol. The molecule has 1 heterocycles. The number of carbonyl (C=O) groups is 2. The molecule has 3 atom stereocenters. The number of para-hydroxylation sites is 1. The Balaban J connectivity index is 1.61. The Morgan fingerprint density at radius 3 is 2.39 bits per heavy atom. The molecule has 1 aliphatic rings. The molecule has 0 saturated heterocycles. The number of likely N-dealkylation sites (N-methyl/N-ethyl adjacent to an activating group) is 1. The number of sulfonamides is 1. The fourth-order valence-electron chi connectivity index (χ4n) is 4.57. The largest absolute Gasteiger partial charge is 0.488 e. The van der Waals surface area contributed by atoms with Gasteiger partial charge in [-0.3, -0.25) is 4.79 Å². The Hall–Kier alpha value is -3.93. The van der Waals surface area contributed by atoms with Crippen molar-refractivity contribution in [2.45, 2.75) is 37.8 Å². The molecule has 0 radical (unpaired) electrons. The Kier molecular flexibility index (Phi) is 9.31. The Morgan fingerprint density at radius 2 is 1.73 bits per heavy atom. The maximum atomic E-state index is 13.7. The van der Waals surface area contributed by atoms with Gasteiger partial charge in [-0.05, 0) is 56.3 Å². The smallest absolute Gasteiger partial charge is 0.323 e. The topological polar surface area (TPSA) is 128 Å². The molecule has 1 aliphatic heterocycles. The van der Waals surface area contributed by atoms with Crippen molar-refractivity contribution in [2.75, 3.05) is 37.4 Å². The second kappa shape index (κ2) is 12.7. The molecular weight excluding hydrogens is 544 g/mol. The minimum absolute atomic E-state index is 0.0336. The van der Waals surface area contributed by atoms with Gasteiger partial charge in [-0.25, -0.2) is 13.2 Å². The number of urea groups is 1. The van der Waals surface area contributed by atoms with E-state index in [-0.39, 0.29) is 47.7 Å². The van der Waals surface area contributed by atoms with Gasteiger partial charge in [0.05, 0.1) is 29.7 Å². The van der Waals surface area contributed by atoms with E-state index in [2.05, 4.69) is 10.6 Å². The second-order valence-electron chi connectivity index (χ2n) is 10.4. The molecule has 3 amide bonds. The van der Waals surface area contributed by atoms with Crippen molar-refractivity contribution >= 4 is 33.3 Å². The number of nitrogens with one attached hydrogen (secondary N) is 2. The molecule has 3 N–H and O–H groups in total. The van der Waals surface area contributed by atoms with Crippen molar-refractivity contribution < 1.29 is 27.9 Å². The molecule has 0 aromatic heterocycles. The first-order valence-corrected chi connectivity index (χ1v) is 14.8. The molecular formula is C30H36N4O6S. The van der Waals surface area contributed by atoms with Crippen LogP contribution < -0.4 is 15.4 Å². The van der Waals surface area contributed by atoms with Crippen LogP contribution in [0, 0.1) is 12.8 Å². The average Bonchev–Trinajstić information content (AvgIpc) is 2.95. The zero-order chi connectivity index (χ0) is 29.7. The van der Waals surface area contributed by atoms with Crippen LogP contribution in [0.25, 0.3) is 0 Å². The zero-order valence-corrected chi connectivity index (χ0v) is 24.4. The fourth-order valence-corrected chi connectivity index (χ4v) is 5.76. The first-order chi connectivity index (χ1) is 19.5. The van der Waals surface area contributed by atoms with Gasteiger partial charge in [0, 0.05) is 30.9 Å². The van der Waals surface area contributed by atoms with Crippen LogP contribution in [-0.4, -0.2) is 73.6 Å². The number of ether oxygens (including phenoxy) is 1. The Bertz CT molecular complexity index is 1480. The van der Waals surface area contributed by atoms with E-state index in [0.717, 1.165) is 5.56 Å². The molecule has 0 fully saturated rings. The number of amides is 3. The minimum atomic E-state index is -3.79. The van der Waals surface area contributed by atoms with E-state index in [1.165, 1.54) is 17.4 Å². The summed E-state index contributed by atoms with van der Waals surface area (Å²) in [4.78, 5) is 28.0. The molecule has 3 aromatic carbocycles. The standard InChI is InChI=1S/C30H36N4O6S/c1-20-10-13-25(14-11-20)41(38,39)33(4)18-28-21(2)17-34(22(3)19-35)29(36)26-16-24(12-15-27(26)40-28)32-30(37)31-23-8-6-5-7-9-23/h5-16,21-22,28,35H,17-19H2,1-4H3,(H2,31,32,37)/t21-,22+,28-/m1/s1. The number of nitrogens with zero attached hydrogens (tertiary/aromatic N) is 2. The van der Waals surface area contributed by atoms with Crippen LogP contribution in [-0.2, 0) is 10.0 Å². The van der Waals surface area contributed by atoms with Gasteiger partial charge in [-0.2, -0.15) is 4.31 Å². The third-order valence-corrected chi connectivity index (χ3v) is 8.96. The highest BCUT2D eigenvalue weighted by atomic mass is 32.2. The number of hydrogen-bond acceptors (Lipinski definition) is 6. The number of hydrogen-bond donors (Lipinski definition) is 3. The van der Waals surface area contributed by atoms with E-state index >= 15 is 0 Å². The first-order valence-electron chi connectivity index (χ1n) is 13.4. The lowest BCUT2D eigenvalue weighted by Gasteiger charge is -2.38. The molecule has 41 heavy (non-hydrogen) atoms. The van der Waals surface area contributed by atoms with Gasteiger partial charge in [-0.1, -0.05) is 42.8 Å². The maximum Gasteiger partial charge on any atom is 0.323 e. The van der Waals surface area contributed by atoms with Gasteiger partial charge >= 0.3 is 6.03 Å². The summed E-state index contributed by atoms with van der Waals surface area (Å²) in [6, 6.07) is 19.3. The number of carbonyl (C=O) groups excluding carboxylic acids is 2. The molecule has 11 heteroatoms. The summed E-state index contributed by atoms with van der Waals surface area (Å²) in [6.07, 6.45) is -0.611. The van der Waals surface area contributed by atoms with Crippen LogP contribution in [0.15, 0.2) is 77.7 Å². The molecule has 0 aliphatic carbocycles. The van der Waals surface area contributed by atoms with E-state index in [9.17, 15) is 23.1 Å². The summed E-state index contributed by atoms with van der Waals surface area (Å²) in [5.41, 5.74) is 2.13. The summed E-state index contributed by atoms with van der Waals surface area (Å²) in [6.45, 7) is 5.53. The number of aliphatic hydroxyl groups is 1. The molecule has 4 rings (SSSR count). The summed E-state index contributed by atoms with van der Waals surface area (Å²) < 4.78 is 34.2. The van der Waals surface area contributed by atoms with Gasteiger partial charge in [-0.15, -0.1) is 0 Å². The summed E-state index contributed by atoms with van der Waals surface area (Å²) in [5, 5.41) is 15.4. The van der Waals surface area contributed by atoms with Crippen LogP contribution in [0.3, 0.4) is 0 Å². The van der Waals surface area contributed by atoms with E-state index in [1.807, 2.05) is 19.9 Å². The van der Waals surface area contributed by atoms with Crippen molar-refractivity contribution in [1.29, 1.82) is 0 Å². The lowest BCUT2D eigenvalue weighted by atomic mass is 9.99. The third kappa shape index (κ3) is 7.05. The van der Waals surface area contributed by atoms with E-state index in [1.54, 1.807) is 72.5 Å². The summed E-state index contributed by atoms with van der Waals surface area (Å²) in [7, 11) is -2.29. The second-order valence-corrected chi connectivity index (χ2v) is 12.4. The maximum absolute atomic E-state index is 13.7. The van der Waals surface area contributed by atoms with Crippen LogP contribution in [0.5, 0.6) is 5.75 Å². The molecule has 0 spiro atoms. The number of aliphatic hydroxyl groups excluding tert-OH is 1. The van der Waals surface area contributed by atoms with Gasteiger partial charge in [0.1, 0.15) is 11.9 Å². The van der Waals surface area contributed by atoms with Gasteiger partial charge in [0.15, 0.2) is 0 Å². The highest BCUT2D eigenvalue weighted by Crippen LogP contribution is 2.31. The molecule has 218 valence electrons. The Labute approximate surface area is 241 Å². The van der Waals surface area contributed by atoms with E-state index in [0.29, 0.717) is 11.4 Å². The highest BCUT2D eigenvalue weighted by molar-refractivity contribution is 7.89. The number of aryl methyl sites for hydroxylation is 1. The molecule has 0 unspecified atom stereocenters. The van der Waals surface area contributed by atoms with Gasteiger partial charge < -0.3 is 25.4 Å². The first kappa shape index (κ1) is 30.0. The number of fused-ring (bicyclic) bond motifs is 1. The number of rotatable bonds is 8. The predicted octanol–water partition coefficient (Wildman–Crippen LogP) is 4.18. The van der Waals surface area contributed by atoms with Crippen molar-refractivity contribution in [3.63, 3.8) is 0 Å². The molecule has 0 saturated carbocycles. The molecule has 3 aromatic rings.